The SMILES string of the molecule is COCOC1CCC(C2CCC(c3ccc(C(F)(F)C(F)C(F)(F)F)c(F)c3)CC2)CC1. The largest absolute Gasteiger partial charge is 0.426 e. The summed E-state index contributed by atoms with van der Waals surface area (Å²) in [5.41, 5.74) is -1.09. The Bertz CT molecular complexity index is 736. The fourth-order valence-electron chi connectivity index (χ4n) is 5.21. The molecule has 9 heteroatoms. The second-order valence-electron chi connectivity index (χ2n) is 8.99. The van der Waals surface area contributed by atoms with E-state index in [1.54, 1.807) is 7.11 Å². The van der Waals surface area contributed by atoms with Crippen LogP contribution in [0.15, 0.2) is 18.2 Å². The van der Waals surface area contributed by atoms with Gasteiger partial charge in [0, 0.05) is 7.11 Å². The molecule has 2 saturated carbocycles. The van der Waals surface area contributed by atoms with E-state index in [1.165, 1.54) is 6.07 Å². The van der Waals surface area contributed by atoms with Crippen LogP contribution in [0.5, 0.6) is 0 Å². The maximum Gasteiger partial charge on any atom is 0.426 e. The zero-order valence-electron chi connectivity index (χ0n) is 17.9. The minimum absolute atomic E-state index is 0.0476. The molecule has 2 aliphatic carbocycles. The van der Waals surface area contributed by atoms with E-state index in [9.17, 15) is 30.7 Å². The van der Waals surface area contributed by atoms with Crippen LogP contribution in [-0.2, 0) is 15.4 Å². The molecule has 0 heterocycles. The lowest BCUT2D eigenvalue weighted by Gasteiger charge is -2.38. The van der Waals surface area contributed by atoms with Crippen LogP contribution in [0.3, 0.4) is 0 Å². The Morgan fingerprint density at radius 3 is 1.97 bits per heavy atom. The Balaban J connectivity index is 1.57. The van der Waals surface area contributed by atoms with E-state index >= 15 is 0 Å². The summed E-state index contributed by atoms with van der Waals surface area (Å²) in [6, 6.07) is 2.64. The molecule has 1 aromatic rings. The average molecular weight is 470 g/mol. The fraction of sp³-hybridized carbons (Fsp3) is 0.739. The zero-order chi connectivity index (χ0) is 23.5. The molecule has 0 bridgehead atoms. The van der Waals surface area contributed by atoms with Crippen LogP contribution >= 0.6 is 0 Å². The first-order valence-electron chi connectivity index (χ1n) is 11.0. The van der Waals surface area contributed by atoms with Crippen molar-refractivity contribution in [2.45, 2.75) is 81.7 Å². The molecule has 3 rings (SSSR count). The smallest absolute Gasteiger partial charge is 0.359 e. The minimum atomic E-state index is -5.78. The molecule has 0 aliphatic heterocycles. The van der Waals surface area contributed by atoms with E-state index in [0.29, 0.717) is 30.3 Å². The molecule has 0 spiro atoms. The van der Waals surface area contributed by atoms with E-state index < -0.39 is 29.7 Å². The van der Waals surface area contributed by atoms with Crippen LogP contribution in [-0.4, -0.2) is 32.4 Å². The summed E-state index contributed by atoms with van der Waals surface area (Å²) in [7, 11) is 1.59. The number of halogens is 7. The van der Waals surface area contributed by atoms with E-state index in [4.69, 9.17) is 9.47 Å². The first-order valence-corrected chi connectivity index (χ1v) is 11.0. The molecule has 32 heavy (non-hydrogen) atoms. The highest BCUT2D eigenvalue weighted by Gasteiger charge is 2.58. The Hall–Kier alpha value is -1.35. The summed E-state index contributed by atoms with van der Waals surface area (Å²) in [6.45, 7) is 0.296. The highest BCUT2D eigenvalue weighted by atomic mass is 19.4. The van der Waals surface area contributed by atoms with Gasteiger partial charge in [-0.2, -0.15) is 22.0 Å². The normalized spacial score (nSPS) is 28.5. The molecular weight excluding hydrogens is 441 g/mol. The zero-order valence-corrected chi connectivity index (χ0v) is 17.9. The van der Waals surface area contributed by atoms with Gasteiger partial charge in [-0.1, -0.05) is 6.07 Å². The molecule has 0 amide bonds. The van der Waals surface area contributed by atoms with Crippen LogP contribution in [0, 0.1) is 17.7 Å². The molecule has 0 aromatic heterocycles. The molecule has 2 nitrogen and oxygen atoms in total. The number of benzene rings is 1. The van der Waals surface area contributed by atoms with Gasteiger partial charge in [0.15, 0.2) is 0 Å². The third-order valence-electron chi connectivity index (χ3n) is 7.01. The Morgan fingerprint density at radius 2 is 1.47 bits per heavy atom. The predicted molar refractivity (Wildman–Crippen MR) is 105 cm³/mol. The number of alkyl halides is 6. The van der Waals surface area contributed by atoms with Gasteiger partial charge in [0.25, 0.3) is 6.17 Å². The number of methoxy groups -OCH3 is 1. The van der Waals surface area contributed by atoms with Crippen LogP contribution in [0.25, 0.3) is 0 Å². The minimum Gasteiger partial charge on any atom is -0.359 e. The summed E-state index contributed by atoms with van der Waals surface area (Å²) in [5, 5.41) is 0. The predicted octanol–water partition coefficient (Wildman–Crippen LogP) is 7.27. The number of ether oxygens (including phenoxy) is 2. The van der Waals surface area contributed by atoms with Crippen molar-refractivity contribution in [2.75, 3.05) is 13.9 Å². The molecule has 2 aliphatic rings. The molecule has 1 atom stereocenters. The molecule has 1 aromatic carbocycles. The number of hydrogen-bond donors (Lipinski definition) is 0. The van der Waals surface area contributed by atoms with Crippen molar-refractivity contribution in [1.82, 2.24) is 0 Å². The summed E-state index contributed by atoms with van der Waals surface area (Å²) in [5.74, 6) is -5.39. The lowest BCUT2D eigenvalue weighted by atomic mass is 9.69. The van der Waals surface area contributed by atoms with Crippen molar-refractivity contribution in [3.8, 4) is 0 Å². The lowest BCUT2D eigenvalue weighted by Crippen LogP contribution is -2.40. The van der Waals surface area contributed by atoms with Gasteiger partial charge in [0.05, 0.1) is 11.7 Å². The summed E-state index contributed by atoms with van der Waals surface area (Å²) in [4.78, 5) is 0. The molecule has 2 fully saturated rings. The second-order valence-corrected chi connectivity index (χ2v) is 8.99. The van der Waals surface area contributed by atoms with Gasteiger partial charge >= 0.3 is 12.1 Å². The highest BCUT2D eigenvalue weighted by Crippen LogP contribution is 2.46. The third-order valence-corrected chi connectivity index (χ3v) is 7.01. The van der Waals surface area contributed by atoms with Crippen LogP contribution in [0.2, 0.25) is 0 Å². The summed E-state index contributed by atoms with van der Waals surface area (Å²) >= 11 is 0. The second kappa shape index (κ2) is 10.3. The Labute approximate surface area is 183 Å². The quantitative estimate of drug-likeness (QED) is 0.308. The van der Waals surface area contributed by atoms with Crippen LogP contribution in [0.4, 0.5) is 30.7 Å². The molecule has 182 valence electrons. The topological polar surface area (TPSA) is 18.5 Å². The van der Waals surface area contributed by atoms with Gasteiger partial charge < -0.3 is 9.47 Å². The monoisotopic (exact) mass is 470 g/mol. The molecule has 1 unspecified atom stereocenters. The van der Waals surface area contributed by atoms with Crippen LogP contribution < -0.4 is 0 Å². The van der Waals surface area contributed by atoms with Crippen molar-refractivity contribution in [2.24, 2.45) is 11.8 Å². The van der Waals surface area contributed by atoms with Crippen LogP contribution in [0.1, 0.15) is 68.4 Å². The Morgan fingerprint density at radius 1 is 0.906 bits per heavy atom. The van der Waals surface area contributed by atoms with Gasteiger partial charge in [0.2, 0.25) is 0 Å². The van der Waals surface area contributed by atoms with Gasteiger partial charge in [-0.15, -0.1) is 0 Å². The maximum absolute atomic E-state index is 14.3. The standard InChI is InChI=1S/C23H29F7O2/c1-31-13-32-18-9-6-15(7-10-18)14-2-4-16(5-3-14)17-8-11-19(20(24)12-17)22(26,27)21(25)23(28,29)30/h8,11-12,14-16,18,21H,2-7,9-10,13H2,1H3. The van der Waals surface area contributed by atoms with Gasteiger partial charge in [0.1, 0.15) is 12.6 Å². The third kappa shape index (κ3) is 5.76. The van der Waals surface area contributed by atoms with Crippen molar-refractivity contribution in [3.05, 3.63) is 35.1 Å². The van der Waals surface area contributed by atoms with Crippen molar-refractivity contribution >= 4 is 0 Å². The van der Waals surface area contributed by atoms with Crippen molar-refractivity contribution in [3.63, 3.8) is 0 Å². The molecule has 0 saturated heterocycles. The summed E-state index contributed by atoms with van der Waals surface area (Å²) < 4.78 is 103. The van der Waals surface area contributed by atoms with Crippen molar-refractivity contribution in [1.29, 1.82) is 0 Å². The first-order chi connectivity index (χ1) is 15.0. The first kappa shape index (κ1) is 25.3. The molecular formula is C23H29F7O2. The van der Waals surface area contributed by atoms with E-state index in [-0.39, 0.29) is 12.0 Å². The molecule has 0 N–H and O–H groups in total. The average Bonchev–Trinajstić information content (AvgIpc) is 2.76. The lowest BCUT2D eigenvalue weighted by molar-refractivity contribution is -0.248. The fourth-order valence-corrected chi connectivity index (χ4v) is 5.21. The van der Waals surface area contributed by atoms with Gasteiger partial charge in [-0.3, -0.25) is 0 Å². The Kier molecular flexibility index (Phi) is 8.12. The maximum atomic E-state index is 14.3. The van der Waals surface area contributed by atoms with Crippen molar-refractivity contribution < 1.29 is 40.2 Å². The number of hydrogen-bond acceptors (Lipinski definition) is 2. The number of rotatable bonds is 7. The van der Waals surface area contributed by atoms with E-state index in [2.05, 4.69) is 0 Å². The molecule has 0 radical (unpaired) electrons. The van der Waals surface area contributed by atoms with E-state index in [0.717, 1.165) is 57.4 Å². The highest BCUT2D eigenvalue weighted by molar-refractivity contribution is 5.31. The summed E-state index contributed by atoms with van der Waals surface area (Å²) in [6.07, 6.45) is -2.51. The van der Waals surface area contributed by atoms with Gasteiger partial charge in [-0.05, 0) is 86.8 Å². The van der Waals surface area contributed by atoms with E-state index in [1.807, 2.05) is 0 Å². The van der Waals surface area contributed by atoms with Gasteiger partial charge in [-0.25, -0.2) is 8.78 Å².